The first kappa shape index (κ1) is 9.05. The molecule has 0 amide bonds. The number of aliphatic hydroxyl groups excluding tert-OH is 1. The number of carbonyl (C=O) groups excluding carboxylic acids is 1. The van der Waals surface area contributed by atoms with Crippen molar-refractivity contribution in [2.45, 2.75) is 18.9 Å². The second-order valence-electron chi connectivity index (χ2n) is 2.30. The summed E-state index contributed by atoms with van der Waals surface area (Å²) in [6, 6.07) is 0. The van der Waals surface area contributed by atoms with Gasteiger partial charge in [0.05, 0.1) is 6.42 Å². The van der Waals surface area contributed by atoms with Gasteiger partial charge in [-0.1, -0.05) is 0 Å². The van der Waals surface area contributed by atoms with Gasteiger partial charge in [0.15, 0.2) is 0 Å². The fourth-order valence-corrected chi connectivity index (χ4v) is 0.812. The molecule has 68 valence electrons. The van der Waals surface area contributed by atoms with E-state index in [0.717, 1.165) is 0 Å². The molecule has 0 spiro atoms. The number of aliphatic hydroxyl groups is 1. The molecule has 1 N–H and O–H groups in total. The van der Waals surface area contributed by atoms with Crippen molar-refractivity contribution in [2.24, 2.45) is 0 Å². The van der Waals surface area contributed by atoms with Crippen molar-refractivity contribution in [1.82, 2.24) is 0 Å². The van der Waals surface area contributed by atoms with Crippen LogP contribution in [-0.2, 0) is 9.53 Å². The maximum absolute atomic E-state index is 11.7. The van der Waals surface area contributed by atoms with Gasteiger partial charge < -0.3 is 9.84 Å². The van der Waals surface area contributed by atoms with Crippen LogP contribution in [0.15, 0.2) is 11.6 Å². The molecular formula is C6H5F3O3. The van der Waals surface area contributed by atoms with Crippen LogP contribution in [0.4, 0.5) is 13.2 Å². The van der Waals surface area contributed by atoms with Crippen molar-refractivity contribution < 1.29 is 27.8 Å². The molecule has 1 aliphatic rings. The molecule has 0 saturated heterocycles. The number of cyclic esters (lactones) is 1. The predicted molar refractivity (Wildman–Crippen MR) is 30.9 cm³/mol. The first-order chi connectivity index (χ1) is 5.38. The van der Waals surface area contributed by atoms with Crippen LogP contribution in [0.1, 0.15) is 6.42 Å². The van der Waals surface area contributed by atoms with E-state index in [1.165, 1.54) is 0 Å². The highest BCUT2D eigenvalue weighted by molar-refractivity contribution is 5.85. The largest absolute Gasteiger partial charge is 0.429 e. The van der Waals surface area contributed by atoms with Gasteiger partial charge in [-0.25, -0.2) is 4.79 Å². The average Bonchev–Trinajstić information content (AvgIpc) is 2.06. The highest BCUT2D eigenvalue weighted by atomic mass is 19.4. The maximum Gasteiger partial charge on any atom is 0.392 e. The van der Waals surface area contributed by atoms with Crippen LogP contribution < -0.4 is 0 Å². The van der Waals surface area contributed by atoms with E-state index in [4.69, 9.17) is 5.11 Å². The third kappa shape index (κ3) is 2.23. The Morgan fingerprint density at radius 1 is 1.58 bits per heavy atom. The summed E-state index contributed by atoms with van der Waals surface area (Å²) in [6.45, 7) is 0. The Bertz CT molecular complexity index is 231. The van der Waals surface area contributed by atoms with Crippen LogP contribution in [0.5, 0.6) is 0 Å². The highest BCUT2D eigenvalue weighted by Crippen LogP contribution is 2.28. The van der Waals surface area contributed by atoms with E-state index in [2.05, 4.69) is 4.74 Å². The summed E-state index contributed by atoms with van der Waals surface area (Å²) in [7, 11) is 0. The number of esters is 1. The summed E-state index contributed by atoms with van der Waals surface area (Å²) in [5.74, 6) is -0.943. The number of ether oxygens (including phenoxy) is 1. The van der Waals surface area contributed by atoms with Crippen LogP contribution in [0.2, 0.25) is 0 Å². The lowest BCUT2D eigenvalue weighted by Gasteiger charge is -2.09. The van der Waals surface area contributed by atoms with Gasteiger partial charge in [-0.15, -0.1) is 0 Å². The summed E-state index contributed by atoms with van der Waals surface area (Å²) in [5, 5.41) is 8.71. The van der Waals surface area contributed by atoms with E-state index in [1.807, 2.05) is 0 Å². The van der Waals surface area contributed by atoms with Gasteiger partial charge in [0.1, 0.15) is 0 Å². The van der Waals surface area contributed by atoms with E-state index in [9.17, 15) is 18.0 Å². The van der Waals surface area contributed by atoms with E-state index in [-0.39, 0.29) is 0 Å². The predicted octanol–water partition coefficient (Wildman–Crippen LogP) is 0.740. The van der Waals surface area contributed by atoms with E-state index >= 15 is 0 Å². The van der Waals surface area contributed by atoms with Gasteiger partial charge in [-0.05, 0) is 0 Å². The van der Waals surface area contributed by atoms with Crippen molar-refractivity contribution in [3.8, 4) is 0 Å². The average molecular weight is 182 g/mol. The molecule has 1 unspecified atom stereocenters. The normalized spacial score (nSPS) is 23.8. The molecule has 0 radical (unpaired) electrons. The fraction of sp³-hybridized carbons (Fsp3) is 0.500. The third-order valence-corrected chi connectivity index (χ3v) is 1.25. The molecule has 0 aliphatic carbocycles. The zero-order valence-corrected chi connectivity index (χ0v) is 5.76. The summed E-state index contributed by atoms with van der Waals surface area (Å²) in [6.07, 6.45) is -6.84. The SMILES string of the molecule is O=C1C=C(CC(F)(F)F)C(O)O1. The van der Waals surface area contributed by atoms with Gasteiger partial charge in [-0.3, -0.25) is 0 Å². The first-order valence-electron chi connectivity index (χ1n) is 3.04. The molecule has 0 saturated carbocycles. The Balaban J connectivity index is 2.64. The van der Waals surface area contributed by atoms with Crippen LogP contribution in [0, 0.1) is 0 Å². The Labute approximate surface area is 65.4 Å². The molecular weight excluding hydrogens is 177 g/mol. The van der Waals surface area contributed by atoms with Crippen LogP contribution in [0.25, 0.3) is 0 Å². The second-order valence-corrected chi connectivity index (χ2v) is 2.30. The summed E-state index contributed by atoms with van der Waals surface area (Å²) in [5.41, 5.74) is -0.451. The minimum atomic E-state index is -4.43. The molecule has 12 heavy (non-hydrogen) atoms. The maximum atomic E-state index is 11.7. The molecule has 3 nitrogen and oxygen atoms in total. The molecule has 1 atom stereocenters. The van der Waals surface area contributed by atoms with Gasteiger partial charge in [0.25, 0.3) is 0 Å². The summed E-state index contributed by atoms with van der Waals surface area (Å²) >= 11 is 0. The minimum Gasteiger partial charge on any atom is -0.429 e. The topological polar surface area (TPSA) is 46.5 Å². The summed E-state index contributed by atoms with van der Waals surface area (Å²) in [4.78, 5) is 10.3. The molecule has 6 heteroatoms. The summed E-state index contributed by atoms with van der Waals surface area (Å²) < 4.78 is 39.1. The van der Waals surface area contributed by atoms with Crippen LogP contribution in [0.3, 0.4) is 0 Å². The van der Waals surface area contributed by atoms with Crippen LogP contribution in [-0.4, -0.2) is 23.5 Å². The smallest absolute Gasteiger partial charge is 0.392 e. The monoisotopic (exact) mass is 182 g/mol. The number of carbonyl (C=O) groups is 1. The number of halogens is 3. The van der Waals surface area contributed by atoms with Crippen molar-refractivity contribution in [3.05, 3.63) is 11.6 Å². The lowest BCUT2D eigenvalue weighted by Crippen LogP contribution is -2.16. The third-order valence-electron chi connectivity index (χ3n) is 1.25. The molecule has 1 rings (SSSR count). The molecule has 1 aliphatic heterocycles. The van der Waals surface area contributed by atoms with E-state index in [0.29, 0.717) is 6.08 Å². The van der Waals surface area contributed by atoms with E-state index in [1.54, 1.807) is 0 Å². The van der Waals surface area contributed by atoms with Crippen LogP contribution >= 0.6 is 0 Å². The van der Waals surface area contributed by atoms with Gasteiger partial charge in [-0.2, -0.15) is 13.2 Å². The van der Waals surface area contributed by atoms with Gasteiger partial charge in [0, 0.05) is 11.6 Å². The highest BCUT2D eigenvalue weighted by Gasteiger charge is 2.35. The molecule has 0 aromatic rings. The lowest BCUT2D eigenvalue weighted by atomic mass is 10.2. The second kappa shape index (κ2) is 2.78. The zero-order chi connectivity index (χ0) is 9.35. The van der Waals surface area contributed by atoms with Crippen molar-refractivity contribution in [3.63, 3.8) is 0 Å². The number of rotatable bonds is 1. The first-order valence-corrected chi connectivity index (χ1v) is 3.04. The van der Waals surface area contributed by atoms with Gasteiger partial charge >= 0.3 is 12.1 Å². The van der Waals surface area contributed by atoms with Gasteiger partial charge in [0.2, 0.25) is 6.29 Å². The number of hydrogen-bond acceptors (Lipinski definition) is 3. The molecule has 0 aromatic carbocycles. The Hall–Kier alpha value is -1.04. The minimum absolute atomic E-state index is 0.451. The molecule has 0 aromatic heterocycles. The van der Waals surface area contributed by atoms with Crippen molar-refractivity contribution in [2.75, 3.05) is 0 Å². The zero-order valence-electron chi connectivity index (χ0n) is 5.76. The Morgan fingerprint density at radius 2 is 2.17 bits per heavy atom. The lowest BCUT2D eigenvalue weighted by molar-refractivity contribution is -0.156. The fourth-order valence-electron chi connectivity index (χ4n) is 0.812. The number of alkyl halides is 3. The molecule has 1 heterocycles. The Morgan fingerprint density at radius 3 is 2.50 bits per heavy atom. The van der Waals surface area contributed by atoms with E-state index < -0.39 is 30.4 Å². The van der Waals surface area contributed by atoms with Crippen molar-refractivity contribution in [1.29, 1.82) is 0 Å². The Kier molecular flexibility index (Phi) is 2.10. The van der Waals surface area contributed by atoms with Crippen molar-refractivity contribution >= 4 is 5.97 Å². The molecule has 0 fully saturated rings. The standard InChI is InChI=1S/C6H5F3O3/c7-6(8,9)2-3-1-4(10)12-5(3)11/h1,5,11H,2H2. The molecule has 0 bridgehead atoms. The number of hydrogen-bond donors (Lipinski definition) is 1. The quantitative estimate of drug-likeness (QED) is 0.608.